The number of aromatic nitrogens is 1. The van der Waals surface area contributed by atoms with Crippen LogP contribution in [-0.4, -0.2) is 10.4 Å². The summed E-state index contributed by atoms with van der Waals surface area (Å²) >= 11 is 5.83. The topological polar surface area (TPSA) is 54.5 Å². The number of fused-ring (bicyclic) bond motifs is 1. The lowest BCUT2D eigenvalue weighted by molar-refractivity contribution is 0.0473. The van der Waals surface area contributed by atoms with E-state index in [-0.39, 0.29) is 17.2 Å². The van der Waals surface area contributed by atoms with Crippen LogP contribution in [0.15, 0.2) is 48.8 Å². The molecule has 0 aliphatic carbocycles. The van der Waals surface area contributed by atoms with Crippen LogP contribution in [-0.2, 0) is 11.3 Å². The second-order valence-corrected chi connectivity index (χ2v) is 5.24. The summed E-state index contributed by atoms with van der Waals surface area (Å²) in [5, 5.41) is 9.28. The van der Waals surface area contributed by atoms with E-state index in [0.29, 0.717) is 11.1 Å². The second kappa shape index (κ2) is 6.11. The van der Waals surface area contributed by atoms with Crippen LogP contribution in [0, 0.1) is 17.1 Å². The fraction of sp³-hybridized carbons (Fsp3) is 0.0588. The zero-order valence-corrected chi connectivity index (χ0v) is 12.5. The molecule has 0 amide bonds. The van der Waals surface area contributed by atoms with Gasteiger partial charge in [0.1, 0.15) is 18.5 Å². The van der Waals surface area contributed by atoms with Gasteiger partial charge in [-0.05, 0) is 30.3 Å². The molecule has 0 aliphatic rings. The normalized spacial score (nSPS) is 10.5. The molecule has 1 aromatic carbocycles. The van der Waals surface area contributed by atoms with Gasteiger partial charge in [-0.15, -0.1) is 0 Å². The van der Waals surface area contributed by atoms with Gasteiger partial charge in [0.25, 0.3) is 0 Å². The molecule has 23 heavy (non-hydrogen) atoms. The van der Waals surface area contributed by atoms with E-state index in [2.05, 4.69) is 6.07 Å². The second-order valence-electron chi connectivity index (χ2n) is 4.83. The van der Waals surface area contributed by atoms with Crippen LogP contribution in [0.2, 0.25) is 5.02 Å². The molecule has 0 fully saturated rings. The quantitative estimate of drug-likeness (QED) is 0.684. The molecule has 3 aromatic rings. The predicted molar refractivity (Wildman–Crippen MR) is 82.6 cm³/mol. The van der Waals surface area contributed by atoms with Gasteiger partial charge >= 0.3 is 5.97 Å². The van der Waals surface area contributed by atoms with Gasteiger partial charge in [-0.25, -0.2) is 9.18 Å². The molecular formula is C17H10ClFN2O2. The Morgan fingerprint density at radius 1 is 1.35 bits per heavy atom. The Labute approximate surface area is 136 Å². The third-order valence-corrected chi connectivity index (χ3v) is 3.70. The first-order valence-corrected chi connectivity index (χ1v) is 7.09. The minimum atomic E-state index is -0.672. The monoisotopic (exact) mass is 328 g/mol. The van der Waals surface area contributed by atoms with Crippen LogP contribution in [0.1, 0.15) is 21.5 Å². The maximum atomic E-state index is 13.0. The zero-order chi connectivity index (χ0) is 16.4. The largest absolute Gasteiger partial charge is 0.457 e. The van der Waals surface area contributed by atoms with E-state index in [0.717, 1.165) is 17.6 Å². The number of hydrogen-bond acceptors (Lipinski definition) is 3. The molecule has 0 saturated carbocycles. The minimum Gasteiger partial charge on any atom is -0.457 e. The number of nitrogens with zero attached hydrogens (tertiary/aromatic N) is 2. The summed E-state index contributed by atoms with van der Waals surface area (Å²) in [4.78, 5) is 12.0. The fourth-order valence-corrected chi connectivity index (χ4v) is 2.54. The molecule has 0 bridgehead atoms. The van der Waals surface area contributed by atoms with Crippen molar-refractivity contribution in [2.24, 2.45) is 0 Å². The Morgan fingerprint density at radius 3 is 2.91 bits per heavy atom. The third-order valence-electron chi connectivity index (χ3n) is 3.38. The number of hydrogen-bond donors (Lipinski definition) is 0. The van der Waals surface area contributed by atoms with E-state index >= 15 is 0 Å². The Morgan fingerprint density at radius 2 is 2.17 bits per heavy atom. The first kappa shape index (κ1) is 15.1. The van der Waals surface area contributed by atoms with E-state index in [1.807, 2.05) is 12.1 Å². The van der Waals surface area contributed by atoms with Crippen molar-refractivity contribution in [3.8, 4) is 6.07 Å². The summed E-state index contributed by atoms with van der Waals surface area (Å²) in [7, 11) is 0. The lowest BCUT2D eigenvalue weighted by atomic mass is 10.2. The summed E-state index contributed by atoms with van der Waals surface area (Å²) in [5.74, 6) is -1.20. The molecule has 0 atom stereocenters. The average Bonchev–Trinajstić information content (AvgIpc) is 2.90. The number of carbonyl (C=O) groups excluding carboxylic acids is 1. The van der Waals surface area contributed by atoms with E-state index < -0.39 is 11.8 Å². The van der Waals surface area contributed by atoms with Gasteiger partial charge in [0.15, 0.2) is 0 Å². The van der Waals surface area contributed by atoms with Crippen LogP contribution >= 0.6 is 11.6 Å². The van der Waals surface area contributed by atoms with Crippen molar-refractivity contribution in [3.63, 3.8) is 0 Å². The van der Waals surface area contributed by atoms with Crippen LogP contribution in [0.4, 0.5) is 4.39 Å². The maximum absolute atomic E-state index is 13.0. The van der Waals surface area contributed by atoms with Gasteiger partial charge in [0.2, 0.25) is 0 Å². The predicted octanol–water partition coefficient (Wildman–Crippen LogP) is 3.96. The highest BCUT2D eigenvalue weighted by atomic mass is 35.5. The van der Waals surface area contributed by atoms with Crippen molar-refractivity contribution in [2.75, 3.05) is 0 Å². The van der Waals surface area contributed by atoms with Gasteiger partial charge in [-0.2, -0.15) is 5.26 Å². The van der Waals surface area contributed by atoms with Gasteiger partial charge in [0, 0.05) is 18.0 Å². The third kappa shape index (κ3) is 2.89. The molecule has 0 N–H and O–H groups in total. The van der Waals surface area contributed by atoms with E-state index in [1.54, 1.807) is 22.9 Å². The molecule has 114 valence electrons. The number of esters is 1. The van der Waals surface area contributed by atoms with Gasteiger partial charge in [-0.3, -0.25) is 0 Å². The van der Waals surface area contributed by atoms with Crippen molar-refractivity contribution in [1.82, 2.24) is 4.40 Å². The van der Waals surface area contributed by atoms with Crippen molar-refractivity contribution in [1.29, 1.82) is 5.26 Å². The molecule has 3 rings (SSSR count). The number of benzene rings is 1. The van der Waals surface area contributed by atoms with Crippen LogP contribution in [0.25, 0.3) is 5.52 Å². The summed E-state index contributed by atoms with van der Waals surface area (Å²) in [6, 6.07) is 11.0. The number of carbonyl (C=O) groups is 1. The first-order valence-electron chi connectivity index (χ1n) is 6.71. The summed E-state index contributed by atoms with van der Waals surface area (Å²) < 4.78 is 20.0. The van der Waals surface area contributed by atoms with Crippen LogP contribution in [0.3, 0.4) is 0 Å². The SMILES string of the molecule is N#Cc1c(COC(=O)c2ccc(F)cc2Cl)cn2ccccc12. The van der Waals surface area contributed by atoms with Gasteiger partial charge < -0.3 is 9.14 Å². The van der Waals surface area contributed by atoms with Crippen molar-refractivity contribution in [2.45, 2.75) is 6.61 Å². The lowest BCUT2D eigenvalue weighted by Gasteiger charge is -2.05. The van der Waals surface area contributed by atoms with Crippen molar-refractivity contribution < 1.29 is 13.9 Å². The van der Waals surface area contributed by atoms with Crippen molar-refractivity contribution >= 4 is 23.1 Å². The molecule has 0 saturated heterocycles. The summed E-state index contributed by atoms with van der Waals surface area (Å²) in [5.41, 5.74) is 1.85. The molecular weight excluding hydrogens is 319 g/mol. The summed E-state index contributed by atoms with van der Waals surface area (Å²) in [6.07, 6.45) is 3.53. The number of nitriles is 1. The summed E-state index contributed by atoms with van der Waals surface area (Å²) in [6.45, 7) is -0.0723. The molecule has 0 aliphatic heterocycles. The highest BCUT2D eigenvalue weighted by Gasteiger charge is 2.15. The van der Waals surface area contributed by atoms with E-state index in [9.17, 15) is 14.4 Å². The molecule has 0 radical (unpaired) electrons. The molecule has 2 aromatic heterocycles. The number of ether oxygens (including phenoxy) is 1. The van der Waals surface area contributed by atoms with Crippen LogP contribution < -0.4 is 0 Å². The Kier molecular flexibility index (Phi) is 4.00. The molecule has 2 heterocycles. The maximum Gasteiger partial charge on any atom is 0.339 e. The zero-order valence-electron chi connectivity index (χ0n) is 11.8. The van der Waals surface area contributed by atoms with Gasteiger partial charge in [-0.1, -0.05) is 17.7 Å². The molecule has 4 nitrogen and oxygen atoms in total. The Balaban J connectivity index is 1.83. The lowest BCUT2D eigenvalue weighted by Crippen LogP contribution is -2.06. The molecule has 0 unspecified atom stereocenters. The molecule has 0 spiro atoms. The highest BCUT2D eigenvalue weighted by molar-refractivity contribution is 6.33. The highest BCUT2D eigenvalue weighted by Crippen LogP contribution is 2.21. The fourth-order valence-electron chi connectivity index (χ4n) is 2.29. The smallest absolute Gasteiger partial charge is 0.339 e. The number of pyridine rings is 1. The number of halogens is 2. The Bertz CT molecular complexity index is 943. The molecule has 6 heteroatoms. The van der Waals surface area contributed by atoms with Crippen molar-refractivity contribution in [3.05, 3.63) is 76.3 Å². The first-order chi connectivity index (χ1) is 11.1. The van der Waals surface area contributed by atoms with E-state index in [1.165, 1.54) is 6.07 Å². The van der Waals surface area contributed by atoms with Gasteiger partial charge in [0.05, 0.1) is 21.7 Å². The van der Waals surface area contributed by atoms with Crippen LogP contribution in [0.5, 0.6) is 0 Å². The van der Waals surface area contributed by atoms with E-state index in [4.69, 9.17) is 16.3 Å². The standard InChI is InChI=1S/C17H10ClFN2O2/c18-15-7-12(19)4-5-13(15)17(22)23-10-11-9-21-6-2-1-3-16(21)14(11)8-20/h1-7,9H,10H2. The minimum absolute atomic E-state index is 0.0162. The number of rotatable bonds is 3. The Hall–Kier alpha value is -2.84. The average molecular weight is 329 g/mol.